The van der Waals surface area contributed by atoms with E-state index in [4.69, 9.17) is 14.2 Å². The van der Waals surface area contributed by atoms with Gasteiger partial charge in [-0.1, -0.05) is 0 Å². The molecule has 1 aromatic rings. The number of aromatic nitrogens is 1. The van der Waals surface area contributed by atoms with Crippen LogP contribution in [0.25, 0.3) is 0 Å². The number of nitrogens with zero attached hydrogens (tertiary/aromatic N) is 2. The van der Waals surface area contributed by atoms with Crippen molar-refractivity contribution >= 4 is 11.9 Å². The first kappa shape index (κ1) is 17.7. The van der Waals surface area contributed by atoms with Crippen LogP contribution in [0.5, 0.6) is 5.88 Å². The maximum absolute atomic E-state index is 12.8. The summed E-state index contributed by atoms with van der Waals surface area (Å²) in [4.78, 5) is 30.5. The Morgan fingerprint density at radius 1 is 1.20 bits per heavy atom. The third kappa shape index (κ3) is 4.28. The molecular formula is C18H24N2O5. The number of piperidine rings is 1. The number of carbonyl (C=O) groups excluding carboxylic acids is 2. The zero-order valence-electron chi connectivity index (χ0n) is 14.5. The van der Waals surface area contributed by atoms with Crippen LogP contribution in [-0.4, -0.2) is 60.8 Å². The molecule has 0 radical (unpaired) electrons. The SMILES string of the molecule is COC(=O)[C@@H]1CCCCN1C(=O)c1ccc(OC2CCOCC2)nc1. The summed E-state index contributed by atoms with van der Waals surface area (Å²) in [5.41, 5.74) is 0.454. The summed E-state index contributed by atoms with van der Waals surface area (Å²) in [5, 5.41) is 0. The van der Waals surface area contributed by atoms with E-state index in [0.717, 1.165) is 25.7 Å². The lowest BCUT2D eigenvalue weighted by molar-refractivity contribution is -0.147. The Bertz CT molecular complexity index is 598. The number of hydrogen-bond donors (Lipinski definition) is 0. The number of ether oxygens (including phenoxy) is 3. The van der Waals surface area contributed by atoms with Gasteiger partial charge in [0.15, 0.2) is 0 Å². The first-order valence-corrected chi connectivity index (χ1v) is 8.78. The summed E-state index contributed by atoms with van der Waals surface area (Å²) in [6.45, 7) is 1.95. The molecule has 0 saturated carbocycles. The molecule has 0 unspecified atom stereocenters. The van der Waals surface area contributed by atoms with E-state index in [-0.39, 0.29) is 18.0 Å². The zero-order chi connectivity index (χ0) is 17.6. The second-order valence-corrected chi connectivity index (χ2v) is 6.35. The molecule has 25 heavy (non-hydrogen) atoms. The fourth-order valence-electron chi connectivity index (χ4n) is 3.26. The van der Waals surface area contributed by atoms with Crippen molar-refractivity contribution in [3.05, 3.63) is 23.9 Å². The van der Waals surface area contributed by atoms with Gasteiger partial charge in [-0.2, -0.15) is 0 Å². The summed E-state index contributed by atoms with van der Waals surface area (Å²) in [5.74, 6) is -0.0488. The molecule has 136 valence electrons. The van der Waals surface area contributed by atoms with Crippen LogP contribution in [-0.2, 0) is 14.3 Å². The third-order valence-corrected chi connectivity index (χ3v) is 4.68. The number of esters is 1. The highest BCUT2D eigenvalue weighted by Crippen LogP contribution is 2.22. The van der Waals surface area contributed by atoms with Crippen molar-refractivity contribution in [1.29, 1.82) is 0 Å². The standard InChI is InChI=1S/C18H24N2O5/c1-23-18(22)15-4-2-3-9-20(15)17(21)13-5-6-16(19-12-13)25-14-7-10-24-11-8-14/h5-6,12,14-15H,2-4,7-11H2,1H3/t15-/m0/s1. The van der Waals surface area contributed by atoms with E-state index in [1.807, 2.05) is 0 Å². The van der Waals surface area contributed by atoms with Gasteiger partial charge >= 0.3 is 5.97 Å². The van der Waals surface area contributed by atoms with Gasteiger partial charge in [0, 0.05) is 31.6 Å². The predicted octanol–water partition coefficient (Wildman–Crippen LogP) is 1.81. The van der Waals surface area contributed by atoms with Gasteiger partial charge in [0.05, 0.1) is 25.9 Å². The van der Waals surface area contributed by atoms with Gasteiger partial charge < -0.3 is 19.1 Å². The maximum atomic E-state index is 12.8. The van der Waals surface area contributed by atoms with Crippen LogP contribution < -0.4 is 4.74 Å². The van der Waals surface area contributed by atoms with Crippen molar-refractivity contribution in [1.82, 2.24) is 9.88 Å². The Morgan fingerprint density at radius 2 is 2.00 bits per heavy atom. The molecule has 7 nitrogen and oxygen atoms in total. The van der Waals surface area contributed by atoms with Crippen LogP contribution >= 0.6 is 0 Å². The van der Waals surface area contributed by atoms with Gasteiger partial charge in [-0.15, -0.1) is 0 Å². The number of carbonyl (C=O) groups is 2. The van der Waals surface area contributed by atoms with E-state index in [1.165, 1.54) is 13.3 Å². The highest BCUT2D eigenvalue weighted by molar-refractivity contribution is 5.96. The van der Waals surface area contributed by atoms with Crippen molar-refractivity contribution in [2.45, 2.75) is 44.2 Å². The fraction of sp³-hybridized carbons (Fsp3) is 0.611. The van der Waals surface area contributed by atoms with E-state index in [9.17, 15) is 9.59 Å². The van der Waals surface area contributed by atoms with E-state index in [2.05, 4.69) is 4.98 Å². The number of amides is 1. The molecule has 1 amide bonds. The summed E-state index contributed by atoms with van der Waals surface area (Å²) >= 11 is 0. The Hall–Kier alpha value is -2.15. The van der Waals surface area contributed by atoms with Crippen LogP contribution in [0.15, 0.2) is 18.3 Å². The number of likely N-dealkylation sites (tertiary alicyclic amines) is 1. The molecule has 2 aliphatic heterocycles. The first-order chi connectivity index (χ1) is 12.2. The Morgan fingerprint density at radius 3 is 2.68 bits per heavy atom. The Labute approximate surface area is 147 Å². The Kier molecular flexibility index (Phi) is 5.86. The Balaban J connectivity index is 1.65. The molecule has 7 heteroatoms. The third-order valence-electron chi connectivity index (χ3n) is 4.68. The van der Waals surface area contributed by atoms with Crippen LogP contribution in [0.2, 0.25) is 0 Å². The lowest BCUT2D eigenvalue weighted by Gasteiger charge is -2.33. The van der Waals surface area contributed by atoms with Gasteiger partial charge in [-0.05, 0) is 25.3 Å². The molecule has 2 fully saturated rings. The molecule has 2 saturated heterocycles. The first-order valence-electron chi connectivity index (χ1n) is 8.78. The molecule has 1 atom stereocenters. The van der Waals surface area contributed by atoms with Crippen molar-refractivity contribution in [3.63, 3.8) is 0 Å². The molecule has 0 aromatic carbocycles. The highest BCUT2D eigenvalue weighted by Gasteiger charge is 2.33. The monoisotopic (exact) mass is 348 g/mol. The van der Waals surface area contributed by atoms with Crippen LogP contribution in [0.3, 0.4) is 0 Å². The van der Waals surface area contributed by atoms with Gasteiger partial charge in [-0.25, -0.2) is 9.78 Å². The van der Waals surface area contributed by atoms with Gasteiger partial charge in [0.2, 0.25) is 5.88 Å². The molecule has 0 spiro atoms. The molecule has 0 bridgehead atoms. The minimum Gasteiger partial charge on any atom is -0.474 e. The van der Waals surface area contributed by atoms with Crippen molar-refractivity contribution in [2.24, 2.45) is 0 Å². The summed E-state index contributed by atoms with van der Waals surface area (Å²) in [7, 11) is 1.35. The summed E-state index contributed by atoms with van der Waals surface area (Å²) in [6.07, 6.45) is 5.75. The smallest absolute Gasteiger partial charge is 0.328 e. The molecule has 2 aliphatic rings. The van der Waals surface area contributed by atoms with Crippen LogP contribution in [0, 0.1) is 0 Å². The highest BCUT2D eigenvalue weighted by atomic mass is 16.5. The maximum Gasteiger partial charge on any atom is 0.328 e. The zero-order valence-corrected chi connectivity index (χ0v) is 14.5. The number of hydrogen-bond acceptors (Lipinski definition) is 6. The minimum atomic E-state index is -0.510. The molecule has 3 rings (SSSR count). The van der Waals surface area contributed by atoms with Crippen LogP contribution in [0.1, 0.15) is 42.5 Å². The van der Waals surface area contributed by atoms with E-state index in [0.29, 0.717) is 37.6 Å². The molecule has 0 aliphatic carbocycles. The normalized spacial score (nSPS) is 21.6. The van der Waals surface area contributed by atoms with Crippen molar-refractivity contribution in [2.75, 3.05) is 26.9 Å². The lowest BCUT2D eigenvalue weighted by atomic mass is 10.0. The van der Waals surface area contributed by atoms with Gasteiger partial charge in [0.1, 0.15) is 12.1 Å². The van der Waals surface area contributed by atoms with Gasteiger partial charge in [-0.3, -0.25) is 4.79 Å². The van der Waals surface area contributed by atoms with Crippen LogP contribution in [0.4, 0.5) is 0 Å². The van der Waals surface area contributed by atoms with E-state index >= 15 is 0 Å². The summed E-state index contributed by atoms with van der Waals surface area (Å²) < 4.78 is 16.0. The van der Waals surface area contributed by atoms with Gasteiger partial charge in [0.25, 0.3) is 5.91 Å². The summed E-state index contributed by atoms with van der Waals surface area (Å²) in [6, 6.07) is 2.90. The second-order valence-electron chi connectivity index (χ2n) is 6.35. The molecule has 1 aromatic heterocycles. The fourth-order valence-corrected chi connectivity index (χ4v) is 3.26. The van der Waals surface area contributed by atoms with Crippen molar-refractivity contribution < 1.29 is 23.8 Å². The number of methoxy groups -OCH3 is 1. The second kappa shape index (κ2) is 8.29. The average Bonchev–Trinajstić information content (AvgIpc) is 2.68. The minimum absolute atomic E-state index is 0.105. The topological polar surface area (TPSA) is 78.0 Å². The van der Waals surface area contributed by atoms with Crippen molar-refractivity contribution in [3.8, 4) is 5.88 Å². The number of rotatable bonds is 4. The van der Waals surface area contributed by atoms with E-state index < -0.39 is 6.04 Å². The quantitative estimate of drug-likeness (QED) is 0.772. The molecule has 0 N–H and O–H groups in total. The predicted molar refractivity (Wildman–Crippen MR) is 89.4 cm³/mol. The van der Waals surface area contributed by atoms with E-state index in [1.54, 1.807) is 17.0 Å². The number of pyridine rings is 1. The largest absolute Gasteiger partial charge is 0.474 e. The molecular weight excluding hydrogens is 324 g/mol. The molecule has 3 heterocycles. The average molecular weight is 348 g/mol. The lowest BCUT2D eigenvalue weighted by Crippen LogP contribution is -2.48.